The Bertz CT molecular complexity index is 285. The molecule has 2 rings (SSSR count). The number of rotatable bonds is 4. The third-order valence-electron chi connectivity index (χ3n) is 2.09. The molecule has 0 spiro atoms. The summed E-state index contributed by atoms with van der Waals surface area (Å²) in [5.74, 6) is 0. The Morgan fingerprint density at radius 3 is 2.77 bits per heavy atom. The summed E-state index contributed by atoms with van der Waals surface area (Å²) in [7, 11) is 0. The van der Waals surface area contributed by atoms with Crippen LogP contribution in [0.3, 0.4) is 0 Å². The summed E-state index contributed by atoms with van der Waals surface area (Å²) in [6.45, 7) is 3.30. The molecule has 0 amide bonds. The van der Waals surface area contributed by atoms with Crippen LogP contribution in [-0.2, 0) is 0 Å². The minimum absolute atomic E-state index is 0.736. The molecule has 0 N–H and O–H groups in total. The Morgan fingerprint density at radius 1 is 1.54 bits per heavy atom. The topological polar surface area (TPSA) is 29.0 Å². The molecule has 0 aliphatic heterocycles. The van der Waals surface area contributed by atoms with Gasteiger partial charge in [0.05, 0.1) is 0 Å². The maximum Gasteiger partial charge on any atom is 0.209 e. The number of halogens is 1. The molecule has 13 heavy (non-hydrogen) atoms. The first kappa shape index (κ1) is 9.40. The average molecular weight is 262 g/mol. The Kier molecular flexibility index (Phi) is 2.83. The zero-order valence-corrected chi connectivity index (χ0v) is 9.94. The summed E-state index contributed by atoms with van der Waals surface area (Å²) in [6.07, 6.45) is 3.81. The van der Waals surface area contributed by atoms with Gasteiger partial charge < -0.3 is 4.90 Å². The fourth-order valence-corrected chi connectivity index (χ4v) is 2.56. The van der Waals surface area contributed by atoms with Gasteiger partial charge in [-0.2, -0.15) is 0 Å². The van der Waals surface area contributed by atoms with Gasteiger partial charge in [0.1, 0.15) is 0 Å². The molecule has 1 aliphatic rings. The van der Waals surface area contributed by atoms with Gasteiger partial charge >= 0.3 is 0 Å². The lowest BCUT2D eigenvalue weighted by atomic mass is 10.4. The maximum absolute atomic E-state index is 4.14. The summed E-state index contributed by atoms with van der Waals surface area (Å²) in [5.41, 5.74) is 0. The molecular weight excluding hydrogens is 250 g/mol. The first-order valence-electron chi connectivity index (χ1n) is 4.57. The van der Waals surface area contributed by atoms with E-state index in [0.717, 1.165) is 21.6 Å². The Labute approximate surface area is 90.3 Å². The zero-order chi connectivity index (χ0) is 9.26. The minimum atomic E-state index is 0.736. The van der Waals surface area contributed by atoms with Crippen LogP contribution in [0, 0.1) is 0 Å². The van der Waals surface area contributed by atoms with Crippen LogP contribution in [0.25, 0.3) is 0 Å². The second kappa shape index (κ2) is 3.92. The zero-order valence-electron chi connectivity index (χ0n) is 7.53. The molecule has 0 unspecified atom stereocenters. The minimum Gasteiger partial charge on any atom is -0.344 e. The van der Waals surface area contributed by atoms with Crippen LogP contribution in [0.15, 0.2) is 3.92 Å². The largest absolute Gasteiger partial charge is 0.344 e. The van der Waals surface area contributed by atoms with Crippen LogP contribution in [0.5, 0.6) is 0 Å². The van der Waals surface area contributed by atoms with Crippen LogP contribution in [0.1, 0.15) is 26.2 Å². The molecule has 1 heterocycles. The quantitative estimate of drug-likeness (QED) is 0.835. The van der Waals surface area contributed by atoms with Crippen molar-refractivity contribution in [1.29, 1.82) is 0 Å². The van der Waals surface area contributed by atoms with E-state index in [1.54, 1.807) is 11.3 Å². The van der Waals surface area contributed by atoms with Gasteiger partial charge in [-0.15, -0.1) is 10.2 Å². The van der Waals surface area contributed by atoms with E-state index in [-0.39, 0.29) is 0 Å². The van der Waals surface area contributed by atoms with Gasteiger partial charge in [0.25, 0.3) is 0 Å². The highest BCUT2D eigenvalue weighted by Crippen LogP contribution is 2.34. The second-order valence-corrected chi connectivity index (χ2v) is 5.49. The van der Waals surface area contributed by atoms with Crippen molar-refractivity contribution >= 4 is 32.4 Å². The first-order valence-corrected chi connectivity index (χ1v) is 6.18. The van der Waals surface area contributed by atoms with E-state index in [1.807, 2.05) is 0 Å². The standard InChI is InChI=1S/C8H12BrN3S/c1-2-5-12(6-3-4-6)8-11-10-7(9)13-8/h6H,2-5H2,1H3. The van der Waals surface area contributed by atoms with E-state index >= 15 is 0 Å². The molecule has 1 aliphatic carbocycles. The molecule has 1 saturated carbocycles. The van der Waals surface area contributed by atoms with Gasteiger partial charge in [0.15, 0.2) is 3.92 Å². The summed E-state index contributed by atoms with van der Waals surface area (Å²) in [4.78, 5) is 2.38. The smallest absolute Gasteiger partial charge is 0.209 e. The Morgan fingerprint density at radius 2 is 2.31 bits per heavy atom. The molecule has 3 nitrogen and oxygen atoms in total. The van der Waals surface area contributed by atoms with Crippen molar-refractivity contribution < 1.29 is 0 Å². The van der Waals surface area contributed by atoms with E-state index in [4.69, 9.17) is 0 Å². The molecule has 72 valence electrons. The van der Waals surface area contributed by atoms with E-state index in [2.05, 4.69) is 38.0 Å². The predicted molar refractivity (Wildman–Crippen MR) is 58.3 cm³/mol. The summed E-state index contributed by atoms with van der Waals surface area (Å²) < 4.78 is 0.879. The van der Waals surface area contributed by atoms with Gasteiger partial charge in [0, 0.05) is 12.6 Å². The summed E-state index contributed by atoms with van der Waals surface area (Å²) in [5, 5.41) is 9.18. The van der Waals surface area contributed by atoms with Gasteiger partial charge in [-0.1, -0.05) is 18.3 Å². The summed E-state index contributed by atoms with van der Waals surface area (Å²) in [6, 6.07) is 0.736. The van der Waals surface area contributed by atoms with E-state index in [1.165, 1.54) is 19.3 Å². The van der Waals surface area contributed by atoms with E-state index in [0.29, 0.717) is 0 Å². The molecule has 1 fully saturated rings. The normalized spacial score (nSPS) is 16.2. The van der Waals surface area contributed by atoms with Gasteiger partial charge in [0.2, 0.25) is 5.13 Å². The van der Waals surface area contributed by atoms with Crippen molar-refractivity contribution in [2.45, 2.75) is 32.2 Å². The highest BCUT2D eigenvalue weighted by atomic mass is 79.9. The van der Waals surface area contributed by atoms with E-state index < -0.39 is 0 Å². The first-order chi connectivity index (χ1) is 6.31. The van der Waals surface area contributed by atoms with Crippen LogP contribution < -0.4 is 4.90 Å². The Balaban J connectivity index is 2.10. The third kappa shape index (κ3) is 2.20. The van der Waals surface area contributed by atoms with Crippen molar-refractivity contribution in [2.75, 3.05) is 11.4 Å². The molecule has 1 aromatic rings. The number of anilines is 1. The lowest BCUT2D eigenvalue weighted by Gasteiger charge is -2.19. The molecule has 0 atom stereocenters. The lowest BCUT2D eigenvalue weighted by molar-refractivity contribution is 0.753. The summed E-state index contributed by atoms with van der Waals surface area (Å²) >= 11 is 4.96. The van der Waals surface area contributed by atoms with Crippen LogP contribution in [-0.4, -0.2) is 22.8 Å². The van der Waals surface area contributed by atoms with Gasteiger partial charge in [-0.25, -0.2) is 0 Å². The monoisotopic (exact) mass is 261 g/mol. The molecular formula is C8H12BrN3S. The van der Waals surface area contributed by atoms with Crippen molar-refractivity contribution in [3.8, 4) is 0 Å². The lowest BCUT2D eigenvalue weighted by Crippen LogP contribution is -2.26. The third-order valence-corrected chi connectivity index (χ3v) is 3.48. The van der Waals surface area contributed by atoms with Crippen molar-refractivity contribution in [3.63, 3.8) is 0 Å². The Hall–Kier alpha value is -0.160. The molecule has 0 bridgehead atoms. The van der Waals surface area contributed by atoms with Gasteiger partial charge in [-0.3, -0.25) is 0 Å². The number of aromatic nitrogens is 2. The SMILES string of the molecule is CCCN(c1nnc(Br)s1)C1CC1. The molecule has 0 aromatic carbocycles. The average Bonchev–Trinajstić information content (AvgIpc) is 2.85. The fraction of sp³-hybridized carbons (Fsp3) is 0.750. The molecule has 0 saturated heterocycles. The molecule has 1 aromatic heterocycles. The highest BCUT2D eigenvalue weighted by molar-refractivity contribution is 9.11. The van der Waals surface area contributed by atoms with Crippen LogP contribution in [0.2, 0.25) is 0 Å². The van der Waals surface area contributed by atoms with E-state index in [9.17, 15) is 0 Å². The fourth-order valence-electron chi connectivity index (χ4n) is 1.38. The van der Waals surface area contributed by atoms with Crippen LogP contribution in [0.4, 0.5) is 5.13 Å². The van der Waals surface area contributed by atoms with Crippen LogP contribution >= 0.6 is 27.3 Å². The highest BCUT2D eigenvalue weighted by Gasteiger charge is 2.30. The van der Waals surface area contributed by atoms with Crippen molar-refractivity contribution in [3.05, 3.63) is 3.92 Å². The number of hydrogen-bond donors (Lipinski definition) is 0. The number of nitrogens with zero attached hydrogens (tertiary/aromatic N) is 3. The predicted octanol–water partition coefficient (Wildman–Crippen LogP) is 2.68. The maximum atomic E-state index is 4.14. The van der Waals surface area contributed by atoms with Gasteiger partial charge in [-0.05, 0) is 35.2 Å². The second-order valence-electron chi connectivity index (χ2n) is 3.26. The van der Waals surface area contributed by atoms with Crippen molar-refractivity contribution in [1.82, 2.24) is 10.2 Å². The molecule has 0 radical (unpaired) electrons. The van der Waals surface area contributed by atoms with Crippen molar-refractivity contribution in [2.24, 2.45) is 0 Å². The number of hydrogen-bond acceptors (Lipinski definition) is 4. The molecule has 5 heteroatoms.